The van der Waals surface area contributed by atoms with Crippen molar-refractivity contribution in [2.24, 2.45) is 0 Å². The molecule has 64 valence electrons. The van der Waals surface area contributed by atoms with Crippen molar-refractivity contribution in [2.45, 2.75) is 0 Å². The number of methoxy groups -OCH3 is 1. The quantitative estimate of drug-likeness (QED) is 0.435. The normalized spacial score (nSPS) is 9.50. The molecule has 0 atom stereocenters. The summed E-state index contributed by atoms with van der Waals surface area (Å²) in [5.74, 6) is -0.0538. The highest BCUT2D eigenvalue weighted by molar-refractivity contribution is 9.10. The number of ether oxygens (including phenoxy) is 1. The second-order valence-electron chi connectivity index (χ2n) is 1.79. The van der Waals surface area contributed by atoms with Crippen LogP contribution in [0, 0.1) is 10.1 Å². The zero-order valence-corrected chi connectivity index (χ0v) is 7.61. The number of hydrogen-bond acceptors (Lipinski definition) is 5. The largest absolute Gasteiger partial charge is 0.476 e. The molecule has 1 rings (SSSR count). The maximum absolute atomic E-state index is 10.3. The summed E-state index contributed by atoms with van der Waals surface area (Å²) >= 11 is 2.96. The van der Waals surface area contributed by atoms with Gasteiger partial charge in [-0.25, -0.2) is 4.98 Å². The van der Waals surface area contributed by atoms with E-state index in [1.54, 1.807) is 0 Å². The minimum absolute atomic E-state index is 0.0538. The Morgan fingerprint density at radius 2 is 2.42 bits per heavy atom. The molecule has 0 bridgehead atoms. The van der Waals surface area contributed by atoms with Gasteiger partial charge in [0.1, 0.15) is 6.20 Å². The van der Waals surface area contributed by atoms with Crippen molar-refractivity contribution < 1.29 is 9.66 Å². The van der Waals surface area contributed by atoms with Crippen LogP contribution in [0.3, 0.4) is 0 Å². The Morgan fingerprint density at radius 3 is 2.92 bits per heavy atom. The molecule has 6 nitrogen and oxygen atoms in total. The van der Waals surface area contributed by atoms with E-state index in [-0.39, 0.29) is 16.3 Å². The maximum Gasteiger partial charge on any atom is 0.349 e. The fraction of sp³-hybridized carbons (Fsp3) is 0.200. The standard InChI is InChI=1S/C5H4BrN3O3/c1-12-4-3(9(10)11)2-7-5(6)8-4/h2H,1H3. The Bertz CT molecular complexity index is 317. The summed E-state index contributed by atoms with van der Waals surface area (Å²) in [6, 6.07) is 0. The molecule has 1 heterocycles. The summed E-state index contributed by atoms with van der Waals surface area (Å²) in [6.45, 7) is 0. The van der Waals surface area contributed by atoms with Crippen LogP contribution in [-0.2, 0) is 0 Å². The van der Waals surface area contributed by atoms with Crippen LogP contribution in [0.2, 0.25) is 0 Å². The predicted molar refractivity (Wildman–Crippen MR) is 42.9 cm³/mol. The van der Waals surface area contributed by atoms with Gasteiger partial charge in [0.25, 0.3) is 5.88 Å². The summed E-state index contributed by atoms with van der Waals surface area (Å²) in [5, 5.41) is 10.3. The van der Waals surface area contributed by atoms with Crippen molar-refractivity contribution in [3.8, 4) is 5.88 Å². The Balaban J connectivity index is 3.20. The smallest absolute Gasteiger partial charge is 0.349 e. The molecule has 0 unspecified atom stereocenters. The van der Waals surface area contributed by atoms with Crippen LogP contribution in [0.25, 0.3) is 0 Å². The van der Waals surface area contributed by atoms with E-state index in [0.717, 1.165) is 6.20 Å². The Kier molecular flexibility index (Phi) is 2.54. The van der Waals surface area contributed by atoms with Crippen molar-refractivity contribution >= 4 is 21.6 Å². The minimum atomic E-state index is -0.606. The average molecular weight is 234 g/mol. The highest BCUT2D eigenvalue weighted by Gasteiger charge is 2.16. The second kappa shape index (κ2) is 3.44. The van der Waals surface area contributed by atoms with Crippen LogP contribution in [0.1, 0.15) is 0 Å². The highest BCUT2D eigenvalue weighted by atomic mass is 79.9. The minimum Gasteiger partial charge on any atom is -0.476 e. The summed E-state index contributed by atoms with van der Waals surface area (Å²) < 4.78 is 4.92. The first-order valence-corrected chi connectivity index (χ1v) is 3.65. The lowest BCUT2D eigenvalue weighted by molar-refractivity contribution is -0.386. The Hall–Kier alpha value is -1.24. The summed E-state index contributed by atoms with van der Waals surface area (Å²) in [5.41, 5.74) is -0.249. The van der Waals surface area contributed by atoms with Crippen LogP contribution in [0.5, 0.6) is 5.88 Å². The predicted octanol–water partition coefficient (Wildman–Crippen LogP) is 1.16. The number of aromatic nitrogens is 2. The molecule has 1 aromatic rings. The topological polar surface area (TPSA) is 78.2 Å². The molecule has 0 aliphatic rings. The van der Waals surface area contributed by atoms with Crippen molar-refractivity contribution in [1.29, 1.82) is 0 Å². The molecule has 0 aliphatic carbocycles. The van der Waals surface area contributed by atoms with Gasteiger partial charge in [-0.1, -0.05) is 0 Å². The van der Waals surface area contributed by atoms with E-state index < -0.39 is 4.92 Å². The number of nitro groups is 1. The summed E-state index contributed by atoms with van der Waals surface area (Å²) in [6.07, 6.45) is 1.08. The highest BCUT2D eigenvalue weighted by Crippen LogP contribution is 2.23. The van der Waals surface area contributed by atoms with Crippen molar-refractivity contribution in [2.75, 3.05) is 7.11 Å². The monoisotopic (exact) mass is 233 g/mol. The Morgan fingerprint density at radius 1 is 1.75 bits per heavy atom. The third kappa shape index (κ3) is 1.67. The lowest BCUT2D eigenvalue weighted by atomic mass is 10.5. The van der Waals surface area contributed by atoms with Crippen molar-refractivity contribution in [3.05, 3.63) is 21.0 Å². The molecule has 0 N–H and O–H groups in total. The van der Waals surface area contributed by atoms with Gasteiger partial charge in [-0.15, -0.1) is 0 Å². The number of hydrogen-bond donors (Lipinski definition) is 0. The zero-order chi connectivity index (χ0) is 9.14. The molecule has 0 aliphatic heterocycles. The molecule has 0 radical (unpaired) electrons. The molecule has 12 heavy (non-hydrogen) atoms. The molecular formula is C5H4BrN3O3. The molecule has 0 amide bonds. The average Bonchev–Trinajstić information content (AvgIpc) is 2.03. The van der Waals surface area contributed by atoms with Crippen LogP contribution < -0.4 is 4.74 Å². The lowest BCUT2D eigenvalue weighted by Crippen LogP contribution is -1.97. The number of nitrogens with zero attached hydrogens (tertiary/aromatic N) is 3. The third-order valence-corrected chi connectivity index (χ3v) is 1.48. The molecule has 1 aromatic heterocycles. The van der Waals surface area contributed by atoms with E-state index in [9.17, 15) is 10.1 Å². The van der Waals surface area contributed by atoms with E-state index in [1.807, 2.05) is 0 Å². The van der Waals surface area contributed by atoms with Crippen molar-refractivity contribution in [1.82, 2.24) is 9.97 Å². The third-order valence-electron chi connectivity index (χ3n) is 1.10. The molecule has 0 saturated carbocycles. The first-order chi connectivity index (χ1) is 5.65. The van der Waals surface area contributed by atoms with Gasteiger partial charge < -0.3 is 4.74 Å². The van der Waals surface area contributed by atoms with E-state index >= 15 is 0 Å². The van der Waals surface area contributed by atoms with Gasteiger partial charge in [-0.05, 0) is 15.9 Å². The Labute approximate surface area is 75.9 Å². The van der Waals surface area contributed by atoms with E-state index in [2.05, 4.69) is 30.6 Å². The molecule has 0 saturated heterocycles. The van der Waals surface area contributed by atoms with Gasteiger partial charge in [0.2, 0.25) is 0 Å². The van der Waals surface area contributed by atoms with Gasteiger partial charge >= 0.3 is 5.69 Å². The zero-order valence-electron chi connectivity index (χ0n) is 6.02. The fourth-order valence-corrected chi connectivity index (χ4v) is 0.878. The van der Waals surface area contributed by atoms with Gasteiger partial charge in [0, 0.05) is 0 Å². The van der Waals surface area contributed by atoms with Gasteiger partial charge in [0.05, 0.1) is 12.0 Å². The lowest BCUT2D eigenvalue weighted by Gasteiger charge is -1.98. The molecule has 0 aromatic carbocycles. The van der Waals surface area contributed by atoms with Gasteiger partial charge in [-0.3, -0.25) is 10.1 Å². The van der Waals surface area contributed by atoms with Crippen molar-refractivity contribution in [3.63, 3.8) is 0 Å². The second-order valence-corrected chi connectivity index (χ2v) is 2.50. The molecule has 0 fully saturated rings. The van der Waals surface area contributed by atoms with Crippen LogP contribution in [0.4, 0.5) is 5.69 Å². The van der Waals surface area contributed by atoms with E-state index in [4.69, 9.17) is 0 Å². The van der Waals surface area contributed by atoms with E-state index in [0.29, 0.717) is 0 Å². The SMILES string of the molecule is COc1nc(Br)ncc1[N+](=O)[O-]. The van der Waals surface area contributed by atoms with Gasteiger partial charge in [-0.2, -0.15) is 4.98 Å². The first kappa shape index (κ1) is 8.85. The number of rotatable bonds is 2. The van der Waals surface area contributed by atoms with E-state index in [1.165, 1.54) is 7.11 Å². The molecule has 7 heteroatoms. The van der Waals surface area contributed by atoms with Gasteiger partial charge in [0.15, 0.2) is 4.73 Å². The summed E-state index contributed by atoms with van der Waals surface area (Å²) in [4.78, 5) is 17.0. The molecule has 0 spiro atoms. The molecular weight excluding hydrogens is 230 g/mol. The van der Waals surface area contributed by atoms with Crippen LogP contribution >= 0.6 is 15.9 Å². The van der Waals surface area contributed by atoms with Crippen LogP contribution in [-0.4, -0.2) is 22.0 Å². The fourth-order valence-electron chi connectivity index (χ4n) is 0.615. The van der Waals surface area contributed by atoms with Crippen LogP contribution in [0.15, 0.2) is 10.9 Å². The maximum atomic E-state index is 10.3. The first-order valence-electron chi connectivity index (χ1n) is 2.86. The number of halogens is 1. The summed E-state index contributed by atoms with van der Waals surface area (Å²) in [7, 11) is 1.31.